The third kappa shape index (κ3) is 7.15. The van der Waals surface area contributed by atoms with Crippen molar-refractivity contribution in [3.63, 3.8) is 0 Å². The Kier molecular flexibility index (Phi) is 9.09. The molecule has 0 spiro atoms. The molecule has 0 bridgehead atoms. The summed E-state index contributed by atoms with van der Waals surface area (Å²) in [6.45, 7) is 3.10. The number of aryl methyl sites for hydroxylation is 1. The van der Waals surface area contributed by atoms with Gasteiger partial charge in [0.05, 0.1) is 23.8 Å². The normalized spacial score (nSPS) is 10.3. The van der Waals surface area contributed by atoms with Crippen molar-refractivity contribution in [2.75, 3.05) is 26.8 Å². The van der Waals surface area contributed by atoms with E-state index in [0.717, 1.165) is 5.56 Å². The second-order valence-electron chi connectivity index (χ2n) is 6.15. The van der Waals surface area contributed by atoms with E-state index in [4.69, 9.17) is 32.7 Å². The standard InChI is InChI=1S/C21H24Cl2N2O4/c1-3-29-18-8-4-14(12-19(18)28-2)5-9-20(26)24-10-11-25-21(27)15-6-7-16(22)17(23)13-15/h4,6-8,12-13H,3,5,9-11H2,1-2H3,(H,24,26)(H,25,27). The maximum Gasteiger partial charge on any atom is 0.251 e. The molecule has 2 aromatic carbocycles. The van der Waals surface area contributed by atoms with Gasteiger partial charge in [-0.25, -0.2) is 0 Å². The van der Waals surface area contributed by atoms with Crippen molar-refractivity contribution in [3.8, 4) is 11.5 Å². The van der Waals surface area contributed by atoms with E-state index in [-0.39, 0.29) is 11.8 Å². The summed E-state index contributed by atoms with van der Waals surface area (Å²) in [5, 5.41) is 6.21. The van der Waals surface area contributed by atoms with E-state index in [9.17, 15) is 9.59 Å². The molecule has 0 unspecified atom stereocenters. The van der Waals surface area contributed by atoms with E-state index in [1.807, 2.05) is 25.1 Å². The fourth-order valence-corrected chi connectivity index (χ4v) is 2.90. The second-order valence-corrected chi connectivity index (χ2v) is 6.97. The van der Waals surface area contributed by atoms with Crippen LogP contribution in [0, 0.1) is 0 Å². The zero-order valence-corrected chi connectivity index (χ0v) is 17.9. The lowest BCUT2D eigenvalue weighted by atomic mass is 10.1. The first kappa shape index (κ1) is 22.8. The predicted molar refractivity (Wildman–Crippen MR) is 114 cm³/mol. The lowest BCUT2D eigenvalue weighted by Crippen LogP contribution is -2.34. The van der Waals surface area contributed by atoms with Crippen molar-refractivity contribution < 1.29 is 19.1 Å². The number of carbonyl (C=O) groups is 2. The smallest absolute Gasteiger partial charge is 0.251 e. The Morgan fingerprint density at radius 2 is 1.72 bits per heavy atom. The summed E-state index contributed by atoms with van der Waals surface area (Å²) in [4.78, 5) is 24.1. The third-order valence-electron chi connectivity index (χ3n) is 4.08. The van der Waals surface area contributed by atoms with Gasteiger partial charge in [0.15, 0.2) is 11.5 Å². The molecule has 156 valence electrons. The fraction of sp³-hybridized carbons (Fsp3) is 0.333. The molecule has 0 saturated heterocycles. The number of halogens is 2. The third-order valence-corrected chi connectivity index (χ3v) is 4.82. The van der Waals surface area contributed by atoms with Gasteiger partial charge in [0.1, 0.15) is 0 Å². The number of carbonyl (C=O) groups excluding carboxylic acids is 2. The number of methoxy groups -OCH3 is 1. The Morgan fingerprint density at radius 3 is 2.41 bits per heavy atom. The second kappa shape index (κ2) is 11.5. The zero-order chi connectivity index (χ0) is 21.2. The molecule has 29 heavy (non-hydrogen) atoms. The summed E-state index contributed by atoms with van der Waals surface area (Å²) >= 11 is 11.7. The molecule has 2 rings (SSSR count). The molecule has 0 aliphatic heterocycles. The van der Waals surface area contributed by atoms with Crippen LogP contribution in [-0.2, 0) is 11.2 Å². The summed E-state index contributed by atoms with van der Waals surface area (Å²) in [5.74, 6) is 0.955. The number of benzene rings is 2. The molecule has 0 heterocycles. The van der Waals surface area contributed by atoms with Crippen LogP contribution in [0.2, 0.25) is 10.0 Å². The highest BCUT2D eigenvalue weighted by molar-refractivity contribution is 6.42. The van der Waals surface area contributed by atoms with Crippen molar-refractivity contribution in [2.24, 2.45) is 0 Å². The molecule has 0 fully saturated rings. The van der Waals surface area contributed by atoms with Crippen LogP contribution in [0.15, 0.2) is 36.4 Å². The van der Waals surface area contributed by atoms with Crippen molar-refractivity contribution in [1.29, 1.82) is 0 Å². The molecule has 0 atom stereocenters. The van der Waals surface area contributed by atoms with Gasteiger partial charge in [-0.2, -0.15) is 0 Å². The van der Waals surface area contributed by atoms with E-state index in [1.54, 1.807) is 19.2 Å². The summed E-state index contributed by atoms with van der Waals surface area (Å²) < 4.78 is 10.8. The highest BCUT2D eigenvalue weighted by Gasteiger charge is 2.09. The number of amides is 2. The van der Waals surface area contributed by atoms with Gasteiger partial charge in [-0.3, -0.25) is 9.59 Å². The van der Waals surface area contributed by atoms with Crippen molar-refractivity contribution >= 4 is 35.0 Å². The lowest BCUT2D eigenvalue weighted by Gasteiger charge is -2.11. The molecule has 0 aliphatic carbocycles. The minimum Gasteiger partial charge on any atom is -0.493 e. The van der Waals surface area contributed by atoms with E-state index >= 15 is 0 Å². The number of ether oxygens (including phenoxy) is 2. The van der Waals surface area contributed by atoms with Gasteiger partial charge in [-0.1, -0.05) is 29.3 Å². The summed E-state index contributed by atoms with van der Waals surface area (Å²) in [6, 6.07) is 10.3. The van der Waals surface area contributed by atoms with Crippen molar-refractivity contribution in [3.05, 3.63) is 57.6 Å². The molecule has 6 nitrogen and oxygen atoms in total. The van der Waals surface area contributed by atoms with E-state index < -0.39 is 0 Å². The summed E-state index contributed by atoms with van der Waals surface area (Å²) in [5.41, 5.74) is 1.39. The average molecular weight is 439 g/mol. The first-order chi connectivity index (χ1) is 13.9. The van der Waals surface area contributed by atoms with E-state index in [0.29, 0.717) is 59.6 Å². The van der Waals surface area contributed by atoms with Crippen molar-refractivity contribution in [1.82, 2.24) is 10.6 Å². The zero-order valence-electron chi connectivity index (χ0n) is 16.4. The topological polar surface area (TPSA) is 76.7 Å². The number of nitrogens with one attached hydrogen (secondary N) is 2. The van der Waals surface area contributed by atoms with Crippen LogP contribution >= 0.6 is 23.2 Å². The molecule has 0 saturated carbocycles. The number of hydrogen-bond acceptors (Lipinski definition) is 4. The SMILES string of the molecule is CCOc1ccc(CCC(=O)NCCNC(=O)c2ccc(Cl)c(Cl)c2)cc1OC. The van der Waals surface area contributed by atoms with Gasteiger partial charge < -0.3 is 20.1 Å². The lowest BCUT2D eigenvalue weighted by molar-refractivity contribution is -0.121. The molecular formula is C21H24Cl2N2O4. The Balaban J connectivity index is 1.72. The monoisotopic (exact) mass is 438 g/mol. The highest BCUT2D eigenvalue weighted by Crippen LogP contribution is 2.28. The molecule has 2 N–H and O–H groups in total. The van der Waals surface area contributed by atoms with Crippen LogP contribution < -0.4 is 20.1 Å². The largest absolute Gasteiger partial charge is 0.493 e. The van der Waals surface area contributed by atoms with Gasteiger partial charge in [0.2, 0.25) is 5.91 Å². The van der Waals surface area contributed by atoms with Gasteiger partial charge in [0, 0.05) is 25.1 Å². The Morgan fingerprint density at radius 1 is 0.966 bits per heavy atom. The summed E-state index contributed by atoms with van der Waals surface area (Å²) in [6.07, 6.45) is 0.905. The minimum absolute atomic E-state index is 0.0957. The van der Waals surface area contributed by atoms with Gasteiger partial charge in [0.25, 0.3) is 5.91 Å². The summed E-state index contributed by atoms with van der Waals surface area (Å²) in [7, 11) is 1.58. The number of rotatable bonds is 10. The van der Waals surface area contributed by atoms with Crippen molar-refractivity contribution in [2.45, 2.75) is 19.8 Å². The maximum atomic E-state index is 12.1. The van der Waals surface area contributed by atoms with Gasteiger partial charge in [-0.05, 0) is 49.2 Å². The first-order valence-electron chi connectivity index (χ1n) is 9.24. The van der Waals surface area contributed by atoms with Crippen LogP contribution in [0.25, 0.3) is 0 Å². The van der Waals surface area contributed by atoms with E-state index in [2.05, 4.69) is 10.6 Å². The van der Waals surface area contributed by atoms with Gasteiger partial charge in [-0.15, -0.1) is 0 Å². The number of hydrogen-bond donors (Lipinski definition) is 2. The fourth-order valence-electron chi connectivity index (χ4n) is 2.61. The molecule has 8 heteroatoms. The van der Waals surface area contributed by atoms with E-state index in [1.165, 1.54) is 6.07 Å². The van der Waals surface area contributed by atoms with Crippen LogP contribution in [0.3, 0.4) is 0 Å². The molecule has 2 amide bonds. The van der Waals surface area contributed by atoms with Crippen LogP contribution in [-0.4, -0.2) is 38.6 Å². The predicted octanol–water partition coefficient (Wildman–Crippen LogP) is 3.88. The molecule has 0 aromatic heterocycles. The molecule has 0 aliphatic rings. The molecular weight excluding hydrogens is 415 g/mol. The Labute approximate surface area is 180 Å². The van der Waals surface area contributed by atoms with Crippen LogP contribution in [0.5, 0.6) is 11.5 Å². The van der Waals surface area contributed by atoms with Gasteiger partial charge >= 0.3 is 0 Å². The molecule has 0 radical (unpaired) electrons. The molecule has 2 aromatic rings. The Hall–Kier alpha value is -2.44. The highest BCUT2D eigenvalue weighted by atomic mass is 35.5. The minimum atomic E-state index is -0.278. The first-order valence-corrected chi connectivity index (χ1v) is 9.99. The van der Waals surface area contributed by atoms with Crippen LogP contribution in [0.4, 0.5) is 0 Å². The van der Waals surface area contributed by atoms with Crippen LogP contribution in [0.1, 0.15) is 29.3 Å². The average Bonchev–Trinajstić information content (AvgIpc) is 2.72. The maximum absolute atomic E-state index is 12.1. The Bertz CT molecular complexity index is 859. The quantitative estimate of drug-likeness (QED) is 0.551.